The van der Waals surface area contributed by atoms with Gasteiger partial charge in [0.1, 0.15) is 17.0 Å². The second-order valence-electron chi connectivity index (χ2n) is 14.0. The Morgan fingerprint density at radius 3 is 2.15 bits per heavy atom. The number of likely N-dealkylation sites (tertiary alicyclic amines) is 1. The molecule has 2 aromatic carbocycles. The topological polar surface area (TPSA) is 93.2 Å². The summed E-state index contributed by atoms with van der Waals surface area (Å²) in [5.41, 5.74) is 2.73. The van der Waals surface area contributed by atoms with Crippen molar-refractivity contribution < 1.29 is 23.8 Å². The average Bonchev–Trinajstić information content (AvgIpc) is 3.37. The van der Waals surface area contributed by atoms with Crippen molar-refractivity contribution in [3.63, 3.8) is 0 Å². The molecular weight excluding hydrogens is 580 g/mol. The van der Waals surface area contributed by atoms with Gasteiger partial charge in [-0.3, -0.25) is 4.90 Å². The van der Waals surface area contributed by atoms with Gasteiger partial charge in [-0.25, -0.2) is 14.6 Å². The van der Waals surface area contributed by atoms with E-state index in [1.165, 1.54) is 5.56 Å². The number of rotatable bonds is 11. The van der Waals surface area contributed by atoms with E-state index in [4.69, 9.17) is 19.2 Å². The van der Waals surface area contributed by atoms with Crippen LogP contribution in [-0.2, 0) is 33.7 Å². The molecule has 1 aromatic heterocycles. The first kappa shape index (κ1) is 34.9. The van der Waals surface area contributed by atoms with E-state index in [0.717, 1.165) is 23.4 Å². The first-order valence-corrected chi connectivity index (χ1v) is 16.1. The van der Waals surface area contributed by atoms with Crippen molar-refractivity contribution >= 4 is 18.0 Å². The van der Waals surface area contributed by atoms with Crippen LogP contribution < -0.4 is 10.2 Å². The largest absolute Gasteiger partial charge is 0.444 e. The number of carbonyl (C=O) groups excluding carboxylic acids is 2. The molecule has 46 heavy (non-hydrogen) atoms. The molecule has 1 fully saturated rings. The zero-order valence-corrected chi connectivity index (χ0v) is 28.4. The second-order valence-corrected chi connectivity index (χ2v) is 14.0. The van der Waals surface area contributed by atoms with Crippen LogP contribution in [0.1, 0.15) is 63.9 Å². The number of benzene rings is 2. The molecule has 4 rings (SSSR count). The first-order chi connectivity index (χ1) is 21.8. The molecule has 2 atom stereocenters. The molecule has 1 saturated heterocycles. The van der Waals surface area contributed by atoms with Gasteiger partial charge in [0.05, 0.1) is 25.8 Å². The number of carbonyl (C=O) groups is 2. The summed E-state index contributed by atoms with van der Waals surface area (Å²) < 4.78 is 17.9. The number of hydrogen-bond donors (Lipinski definition) is 1. The Morgan fingerprint density at radius 1 is 0.891 bits per heavy atom. The standard InChI is InChI=1S/C37H50N4O5/c1-27-20-31(39-33(21-27)41(35(43)46-37(5,6)7)24-29-16-12-9-13-17-29)22-30-25-40(34(42)45-36(2,3)4)26-32(30)44-19-18-38-23-28-14-10-8-11-15-28/h8-17,20-21,30,32,38H,18-19,22-26H2,1-7H3/t30-,32+/m0/s1. The third-order valence-corrected chi connectivity index (χ3v) is 7.37. The Bertz CT molecular complexity index is 1420. The van der Waals surface area contributed by atoms with Crippen molar-refractivity contribution in [2.45, 2.75) is 85.3 Å². The lowest BCUT2D eigenvalue weighted by Gasteiger charge is -2.27. The van der Waals surface area contributed by atoms with Gasteiger partial charge in [-0.15, -0.1) is 0 Å². The number of nitrogens with zero attached hydrogens (tertiary/aromatic N) is 3. The van der Waals surface area contributed by atoms with Crippen molar-refractivity contribution in [1.29, 1.82) is 0 Å². The smallest absolute Gasteiger partial charge is 0.416 e. The van der Waals surface area contributed by atoms with Crippen LogP contribution in [0.25, 0.3) is 0 Å². The Morgan fingerprint density at radius 2 is 1.52 bits per heavy atom. The molecule has 0 bridgehead atoms. The third-order valence-electron chi connectivity index (χ3n) is 7.37. The number of amides is 2. The van der Waals surface area contributed by atoms with Crippen LogP contribution in [-0.4, -0.2) is 65.6 Å². The molecule has 1 aliphatic rings. The number of hydrogen-bond acceptors (Lipinski definition) is 7. The molecule has 0 saturated carbocycles. The van der Waals surface area contributed by atoms with Gasteiger partial charge in [-0.05, 0) is 83.7 Å². The Labute approximate surface area is 274 Å². The summed E-state index contributed by atoms with van der Waals surface area (Å²) in [5, 5.41) is 3.44. The fourth-order valence-corrected chi connectivity index (χ4v) is 5.37. The molecule has 0 spiro atoms. The average molecular weight is 631 g/mol. The molecule has 9 heteroatoms. The van der Waals surface area contributed by atoms with Gasteiger partial charge in [0, 0.05) is 31.2 Å². The number of aryl methyl sites for hydroxylation is 1. The fourth-order valence-electron chi connectivity index (χ4n) is 5.37. The summed E-state index contributed by atoms with van der Waals surface area (Å²) >= 11 is 0. The SMILES string of the molecule is Cc1cc(C[C@H]2CN(C(=O)OC(C)(C)C)C[C@H]2OCCNCc2ccccc2)nc(N(Cc2ccccc2)C(=O)OC(C)(C)C)c1. The first-order valence-electron chi connectivity index (χ1n) is 16.1. The zero-order chi connectivity index (χ0) is 33.3. The van der Waals surface area contributed by atoms with E-state index in [0.29, 0.717) is 45.0 Å². The quantitative estimate of drug-likeness (QED) is 0.230. The van der Waals surface area contributed by atoms with E-state index in [1.54, 1.807) is 9.80 Å². The molecule has 0 unspecified atom stereocenters. The molecule has 3 aromatic rings. The molecule has 0 aliphatic carbocycles. The number of aromatic nitrogens is 1. The summed E-state index contributed by atoms with van der Waals surface area (Å²) in [5.74, 6) is 0.519. The summed E-state index contributed by atoms with van der Waals surface area (Å²) in [4.78, 5) is 34.8. The summed E-state index contributed by atoms with van der Waals surface area (Å²) in [6, 6.07) is 24.0. The molecule has 2 amide bonds. The summed E-state index contributed by atoms with van der Waals surface area (Å²) in [7, 11) is 0. The van der Waals surface area contributed by atoms with Gasteiger partial charge in [0.15, 0.2) is 0 Å². The van der Waals surface area contributed by atoms with Crippen molar-refractivity contribution in [3.05, 3.63) is 95.2 Å². The number of ether oxygens (including phenoxy) is 3. The van der Waals surface area contributed by atoms with Gasteiger partial charge in [-0.1, -0.05) is 60.7 Å². The van der Waals surface area contributed by atoms with Gasteiger partial charge in [-0.2, -0.15) is 0 Å². The lowest BCUT2D eigenvalue weighted by molar-refractivity contribution is 0.0186. The van der Waals surface area contributed by atoms with Crippen LogP contribution in [0, 0.1) is 12.8 Å². The highest BCUT2D eigenvalue weighted by Crippen LogP contribution is 2.28. The van der Waals surface area contributed by atoms with Crippen LogP contribution >= 0.6 is 0 Å². The highest BCUT2D eigenvalue weighted by atomic mass is 16.6. The Kier molecular flexibility index (Phi) is 11.8. The normalized spacial score (nSPS) is 16.7. The van der Waals surface area contributed by atoms with Crippen LogP contribution in [0.5, 0.6) is 0 Å². The number of anilines is 1. The number of nitrogens with one attached hydrogen (secondary N) is 1. The Hall–Kier alpha value is -3.95. The van der Waals surface area contributed by atoms with E-state index < -0.39 is 17.3 Å². The van der Waals surface area contributed by atoms with E-state index in [2.05, 4.69) is 17.4 Å². The van der Waals surface area contributed by atoms with Crippen LogP contribution in [0.15, 0.2) is 72.8 Å². The highest BCUT2D eigenvalue weighted by Gasteiger charge is 2.38. The maximum Gasteiger partial charge on any atom is 0.416 e. The van der Waals surface area contributed by atoms with Crippen LogP contribution in [0.4, 0.5) is 15.4 Å². The van der Waals surface area contributed by atoms with E-state index >= 15 is 0 Å². The van der Waals surface area contributed by atoms with Crippen molar-refractivity contribution in [3.8, 4) is 0 Å². The maximum absolute atomic E-state index is 13.5. The van der Waals surface area contributed by atoms with Crippen LogP contribution in [0.3, 0.4) is 0 Å². The molecule has 9 nitrogen and oxygen atoms in total. The minimum Gasteiger partial charge on any atom is -0.444 e. The predicted octanol–water partition coefficient (Wildman–Crippen LogP) is 6.92. The number of pyridine rings is 1. The van der Waals surface area contributed by atoms with Crippen LogP contribution in [0.2, 0.25) is 0 Å². The van der Waals surface area contributed by atoms with Gasteiger partial charge in [0.2, 0.25) is 0 Å². The van der Waals surface area contributed by atoms with Gasteiger partial charge < -0.3 is 24.4 Å². The molecule has 1 aliphatic heterocycles. The van der Waals surface area contributed by atoms with E-state index in [9.17, 15) is 9.59 Å². The van der Waals surface area contributed by atoms with E-state index in [-0.39, 0.29) is 18.1 Å². The second kappa shape index (κ2) is 15.6. The molecule has 1 N–H and O–H groups in total. The molecule has 248 valence electrons. The van der Waals surface area contributed by atoms with Gasteiger partial charge in [0.25, 0.3) is 0 Å². The highest BCUT2D eigenvalue weighted by molar-refractivity contribution is 5.86. The fraction of sp³-hybridized carbons (Fsp3) is 0.486. The maximum atomic E-state index is 13.5. The summed E-state index contributed by atoms with van der Waals surface area (Å²) in [6.45, 7) is 16.4. The van der Waals surface area contributed by atoms with Crippen molar-refractivity contribution in [2.24, 2.45) is 5.92 Å². The van der Waals surface area contributed by atoms with Crippen molar-refractivity contribution in [1.82, 2.24) is 15.2 Å². The Balaban J connectivity index is 1.51. The lowest BCUT2D eigenvalue weighted by atomic mass is 9.98. The van der Waals surface area contributed by atoms with E-state index in [1.807, 2.05) is 109 Å². The minimum atomic E-state index is -0.659. The zero-order valence-electron chi connectivity index (χ0n) is 28.4. The summed E-state index contributed by atoms with van der Waals surface area (Å²) in [6.07, 6.45) is -0.420. The predicted molar refractivity (Wildman–Crippen MR) is 181 cm³/mol. The molecular formula is C37H50N4O5. The van der Waals surface area contributed by atoms with Gasteiger partial charge >= 0.3 is 12.2 Å². The minimum absolute atomic E-state index is 0.00658. The lowest BCUT2D eigenvalue weighted by Crippen LogP contribution is -2.37. The van der Waals surface area contributed by atoms with Crippen molar-refractivity contribution in [2.75, 3.05) is 31.1 Å². The molecule has 2 heterocycles. The third kappa shape index (κ3) is 11.1. The monoisotopic (exact) mass is 630 g/mol. The molecule has 0 radical (unpaired) electrons.